The molecule has 2 atom stereocenters. The molecule has 0 radical (unpaired) electrons. The van der Waals surface area contributed by atoms with Gasteiger partial charge in [0.05, 0.1) is 31.4 Å². The lowest BCUT2D eigenvalue weighted by Gasteiger charge is -2.35. The fraction of sp³-hybridized carbons (Fsp3) is 0.280. The van der Waals surface area contributed by atoms with Crippen LogP contribution >= 0.6 is 11.6 Å². The Morgan fingerprint density at radius 3 is 2.60 bits per heavy atom. The minimum atomic E-state index is -1.75. The highest BCUT2D eigenvalue weighted by molar-refractivity contribution is 6.36. The first kappa shape index (κ1) is 22.9. The second kappa shape index (κ2) is 8.13. The van der Waals surface area contributed by atoms with Crippen molar-refractivity contribution in [2.24, 2.45) is 13.0 Å². The first-order chi connectivity index (χ1) is 16.7. The summed E-state index contributed by atoms with van der Waals surface area (Å²) in [5.74, 6) is -0.947. The predicted octanol–water partition coefficient (Wildman–Crippen LogP) is 3.52. The summed E-state index contributed by atoms with van der Waals surface area (Å²) in [7, 11) is 4.49. The van der Waals surface area contributed by atoms with Crippen LogP contribution in [0.4, 0.5) is 5.69 Å². The monoisotopic (exact) mass is 495 g/mol. The average Bonchev–Trinajstić information content (AvgIpc) is 3.16. The lowest BCUT2D eigenvalue weighted by molar-refractivity contribution is -0.129. The summed E-state index contributed by atoms with van der Waals surface area (Å²) in [6, 6.07) is 6.70. The molecule has 1 aliphatic heterocycles. The van der Waals surface area contributed by atoms with Crippen LogP contribution in [0.3, 0.4) is 0 Å². The van der Waals surface area contributed by atoms with Crippen LogP contribution in [-0.2, 0) is 11.8 Å². The van der Waals surface area contributed by atoms with Crippen molar-refractivity contribution in [2.75, 3.05) is 19.5 Å². The topological polar surface area (TPSA) is 109 Å². The number of ketones is 2. The second-order valence-electron chi connectivity index (χ2n) is 8.62. The zero-order valence-electron chi connectivity index (χ0n) is 19.5. The summed E-state index contributed by atoms with van der Waals surface area (Å²) in [6.07, 6.45) is 3.17. The molecule has 0 saturated heterocycles. The Hall–Kier alpha value is -3.85. The molecular formula is C25H22ClN3O6. The number of nitrogens with zero attached hydrogens (tertiary/aromatic N) is 2. The van der Waals surface area contributed by atoms with Gasteiger partial charge >= 0.3 is 0 Å². The van der Waals surface area contributed by atoms with E-state index in [9.17, 15) is 14.4 Å². The van der Waals surface area contributed by atoms with Gasteiger partial charge in [-0.25, -0.2) is 4.98 Å². The zero-order chi connectivity index (χ0) is 25.1. The molecular weight excluding hydrogens is 474 g/mol. The van der Waals surface area contributed by atoms with Crippen LogP contribution in [0.15, 0.2) is 47.2 Å². The highest BCUT2D eigenvalue weighted by Gasteiger charge is 2.60. The first-order valence-corrected chi connectivity index (χ1v) is 11.2. The summed E-state index contributed by atoms with van der Waals surface area (Å²) >= 11 is 6.42. The molecule has 1 aromatic heterocycles. The molecule has 2 aliphatic rings. The zero-order valence-corrected chi connectivity index (χ0v) is 20.2. The molecule has 5 rings (SSSR count). The van der Waals surface area contributed by atoms with Crippen molar-refractivity contribution in [1.82, 2.24) is 9.55 Å². The van der Waals surface area contributed by atoms with E-state index < -0.39 is 23.1 Å². The van der Waals surface area contributed by atoms with E-state index in [4.69, 9.17) is 25.8 Å². The molecule has 0 fully saturated rings. The number of hydrogen-bond acceptors (Lipinski definition) is 8. The molecule has 2 unspecified atom stereocenters. The number of rotatable bonds is 4. The molecule has 10 heteroatoms. The van der Waals surface area contributed by atoms with Gasteiger partial charge in [-0.3, -0.25) is 14.4 Å². The van der Waals surface area contributed by atoms with Gasteiger partial charge in [0.2, 0.25) is 17.2 Å². The van der Waals surface area contributed by atoms with E-state index >= 15 is 0 Å². The predicted molar refractivity (Wildman–Crippen MR) is 130 cm³/mol. The standard InChI is InChI=1S/C25H22ClN3O6/c1-12-7-14(28-13-5-6-16-15(8-13)24(32)29(2)11-27-16)9-19(30)25(12)23(31)20-17(33-3)10-18(34-4)21(26)22(20)35-25/h5-6,8-12,28H,7H2,1-4H3. The van der Waals surface area contributed by atoms with Gasteiger partial charge in [0.1, 0.15) is 22.1 Å². The molecule has 2 heterocycles. The Kier molecular flexibility index (Phi) is 5.32. The number of carbonyl (C=O) groups excluding carboxylic acids is 2. The quantitative estimate of drug-likeness (QED) is 0.548. The van der Waals surface area contributed by atoms with Crippen molar-refractivity contribution < 1.29 is 23.8 Å². The molecule has 1 N–H and O–H groups in total. The minimum absolute atomic E-state index is 0.0794. The number of fused-ring (bicyclic) bond motifs is 2. The summed E-state index contributed by atoms with van der Waals surface area (Å²) in [4.78, 5) is 43.7. The Labute approximate surface area is 205 Å². The van der Waals surface area contributed by atoms with E-state index in [1.165, 1.54) is 37.3 Å². The van der Waals surface area contributed by atoms with Crippen molar-refractivity contribution in [3.63, 3.8) is 0 Å². The summed E-state index contributed by atoms with van der Waals surface area (Å²) in [5.41, 5.74) is -0.00842. The number of aryl methyl sites for hydroxylation is 1. The van der Waals surface area contributed by atoms with E-state index in [1.54, 1.807) is 32.2 Å². The number of hydrogen-bond donors (Lipinski definition) is 1. The molecule has 2 aromatic carbocycles. The molecule has 1 spiro atoms. The van der Waals surface area contributed by atoms with Gasteiger partial charge in [0.25, 0.3) is 5.56 Å². The van der Waals surface area contributed by atoms with E-state index in [0.717, 1.165) is 0 Å². The van der Waals surface area contributed by atoms with Gasteiger partial charge < -0.3 is 24.1 Å². The number of methoxy groups -OCH3 is 2. The van der Waals surface area contributed by atoms with Gasteiger partial charge in [-0.15, -0.1) is 0 Å². The van der Waals surface area contributed by atoms with Gasteiger partial charge in [-0.2, -0.15) is 0 Å². The third kappa shape index (κ3) is 3.30. The van der Waals surface area contributed by atoms with E-state index in [0.29, 0.717) is 28.7 Å². The normalized spacial score (nSPS) is 21.1. The third-order valence-corrected chi connectivity index (χ3v) is 6.89. The van der Waals surface area contributed by atoms with Gasteiger partial charge in [0, 0.05) is 36.5 Å². The summed E-state index contributed by atoms with van der Waals surface area (Å²) < 4.78 is 18.1. The molecule has 3 aromatic rings. The van der Waals surface area contributed by atoms with Crippen molar-refractivity contribution in [1.29, 1.82) is 0 Å². The molecule has 180 valence electrons. The second-order valence-corrected chi connectivity index (χ2v) is 9.00. The Balaban J connectivity index is 1.51. The Bertz CT molecular complexity index is 1510. The largest absolute Gasteiger partial charge is 0.496 e. The van der Waals surface area contributed by atoms with Crippen LogP contribution < -0.4 is 25.1 Å². The minimum Gasteiger partial charge on any atom is -0.496 e. The number of aromatic nitrogens is 2. The van der Waals surface area contributed by atoms with Crippen LogP contribution in [0.5, 0.6) is 17.2 Å². The maximum Gasteiger partial charge on any atom is 0.260 e. The first-order valence-electron chi connectivity index (χ1n) is 10.9. The fourth-order valence-electron chi connectivity index (χ4n) is 4.69. The van der Waals surface area contributed by atoms with Crippen LogP contribution in [0, 0.1) is 5.92 Å². The van der Waals surface area contributed by atoms with Crippen LogP contribution in [0.25, 0.3) is 10.9 Å². The lowest BCUT2D eigenvalue weighted by Crippen LogP contribution is -2.55. The van der Waals surface area contributed by atoms with E-state index in [2.05, 4.69) is 10.3 Å². The molecule has 0 amide bonds. The van der Waals surface area contributed by atoms with Crippen LogP contribution in [-0.4, -0.2) is 40.9 Å². The van der Waals surface area contributed by atoms with Gasteiger partial charge in [-0.1, -0.05) is 18.5 Å². The highest BCUT2D eigenvalue weighted by Crippen LogP contribution is 2.53. The Morgan fingerprint density at radius 2 is 1.91 bits per heavy atom. The van der Waals surface area contributed by atoms with E-state index in [-0.39, 0.29) is 33.4 Å². The average molecular weight is 496 g/mol. The number of ether oxygens (including phenoxy) is 3. The molecule has 0 saturated carbocycles. The molecule has 9 nitrogen and oxygen atoms in total. The van der Waals surface area contributed by atoms with Gasteiger partial charge in [0.15, 0.2) is 5.75 Å². The Morgan fingerprint density at radius 1 is 1.17 bits per heavy atom. The van der Waals surface area contributed by atoms with E-state index in [1.807, 2.05) is 0 Å². The molecule has 1 aliphatic carbocycles. The van der Waals surface area contributed by atoms with Crippen molar-refractivity contribution in [3.05, 3.63) is 63.3 Å². The van der Waals surface area contributed by atoms with Gasteiger partial charge in [-0.05, 0) is 24.6 Å². The number of carbonyl (C=O) groups is 2. The number of Topliss-reactive ketones (excluding diaryl/α,β-unsaturated/α-hetero) is 1. The van der Waals surface area contributed by atoms with Crippen molar-refractivity contribution in [2.45, 2.75) is 18.9 Å². The van der Waals surface area contributed by atoms with Crippen LogP contribution in [0.2, 0.25) is 5.02 Å². The fourth-order valence-corrected chi connectivity index (χ4v) is 4.96. The SMILES string of the molecule is COc1cc(OC)c2c(c1Cl)OC1(C(=O)C=C(Nc3ccc4ncn(C)c(=O)c4c3)CC1C)C2=O. The molecule has 0 bridgehead atoms. The number of nitrogens with one attached hydrogen (secondary N) is 1. The number of allylic oxidation sites excluding steroid dienone is 1. The van der Waals surface area contributed by atoms with Crippen LogP contribution in [0.1, 0.15) is 23.7 Å². The summed E-state index contributed by atoms with van der Waals surface area (Å²) in [5, 5.41) is 3.76. The molecule has 35 heavy (non-hydrogen) atoms. The van der Waals surface area contributed by atoms with Crippen molar-refractivity contribution >= 4 is 39.8 Å². The third-order valence-electron chi connectivity index (χ3n) is 6.53. The maximum atomic E-state index is 13.6. The smallest absolute Gasteiger partial charge is 0.260 e. The number of halogens is 1. The van der Waals surface area contributed by atoms with Crippen molar-refractivity contribution in [3.8, 4) is 17.2 Å². The maximum absolute atomic E-state index is 13.6. The highest BCUT2D eigenvalue weighted by atomic mass is 35.5. The lowest BCUT2D eigenvalue weighted by atomic mass is 9.74. The summed E-state index contributed by atoms with van der Waals surface area (Å²) in [6.45, 7) is 1.77. The number of benzene rings is 2. The number of anilines is 1.